The van der Waals surface area contributed by atoms with E-state index in [1.807, 2.05) is 0 Å². The van der Waals surface area contributed by atoms with E-state index in [-0.39, 0.29) is 23.2 Å². The van der Waals surface area contributed by atoms with Crippen molar-refractivity contribution < 1.29 is 19.2 Å². The molecule has 2 rings (SSSR count). The predicted octanol–water partition coefficient (Wildman–Crippen LogP) is 2.84. The molecular formula is C17H22N2O5. The normalized spacial score (nSPS) is 21.6. The molecule has 0 radical (unpaired) electrons. The molecular weight excluding hydrogens is 312 g/mol. The highest BCUT2D eigenvalue weighted by Gasteiger charge is 2.28. The van der Waals surface area contributed by atoms with E-state index in [1.165, 1.54) is 31.2 Å². The van der Waals surface area contributed by atoms with E-state index < -0.39 is 17.0 Å². The number of carbonyl (C=O) groups excluding carboxylic acids is 2. The number of hydrogen-bond acceptors (Lipinski definition) is 5. The van der Waals surface area contributed by atoms with Crippen molar-refractivity contribution in [2.75, 3.05) is 0 Å². The Bertz CT molecular complexity index is 631. The molecule has 1 aromatic rings. The maximum atomic E-state index is 12.2. The first-order valence-corrected chi connectivity index (χ1v) is 8.15. The molecule has 7 nitrogen and oxygen atoms in total. The minimum Gasteiger partial charge on any atom is -0.449 e. The van der Waals surface area contributed by atoms with Gasteiger partial charge in [0.15, 0.2) is 6.10 Å². The van der Waals surface area contributed by atoms with E-state index in [4.69, 9.17) is 4.74 Å². The predicted molar refractivity (Wildman–Crippen MR) is 87.5 cm³/mol. The number of nitro groups is 1. The van der Waals surface area contributed by atoms with Gasteiger partial charge in [-0.2, -0.15) is 0 Å². The van der Waals surface area contributed by atoms with Crippen molar-refractivity contribution in [2.24, 2.45) is 5.92 Å². The zero-order chi connectivity index (χ0) is 17.7. The smallest absolute Gasteiger partial charge is 0.345 e. The van der Waals surface area contributed by atoms with Gasteiger partial charge in [-0.3, -0.25) is 14.9 Å². The van der Waals surface area contributed by atoms with Gasteiger partial charge in [0.25, 0.3) is 11.6 Å². The third-order valence-electron chi connectivity index (χ3n) is 4.41. The molecule has 1 amide bonds. The maximum absolute atomic E-state index is 12.2. The summed E-state index contributed by atoms with van der Waals surface area (Å²) in [6, 6.07) is 5.60. The number of benzene rings is 1. The van der Waals surface area contributed by atoms with Crippen molar-refractivity contribution in [1.82, 2.24) is 5.32 Å². The van der Waals surface area contributed by atoms with Crippen LogP contribution in [-0.2, 0) is 9.53 Å². The van der Waals surface area contributed by atoms with Crippen LogP contribution in [0.25, 0.3) is 0 Å². The summed E-state index contributed by atoms with van der Waals surface area (Å²) in [5, 5.41) is 13.9. The lowest BCUT2D eigenvalue weighted by Gasteiger charge is -2.30. The highest BCUT2D eigenvalue weighted by Crippen LogP contribution is 2.24. The topological polar surface area (TPSA) is 98.5 Å². The Hall–Kier alpha value is -2.44. The van der Waals surface area contributed by atoms with E-state index >= 15 is 0 Å². The molecule has 3 atom stereocenters. The first kappa shape index (κ1) is 17.9. The first-order valence-electron chi connectivity index (χ1n) is 8.15. The molecule has 0 bridgehead atoms. The lowest BCUT2D eigenvalue weighted by molar-refractivity contribution is -0.385. The van der Waals surface area contributed by atoms with Crippen LogP contribution < -0.4 is 5.32 Å². The van der Waals surface area contributed by atoms with Gasteiger partial charge in [0.05, 0.1) is 4.92 Å². The molecule has 1 fully saturated rings. The number of hydrogen-bond donors (Lipinski definition) is 1. The Morgan fingerprint density at radius 1 is 1.29 bits per heavy atom. The number of nitrogens with zero attached hydrogens (tertiary/aromatic N) is 1. The fraction of sp³-hybridized carbons (Fsp3) is 0.529. The number of esters is 1. The molecule has 0 aliphatic heterocycles. The average molecular weight is 334 g/mol. The van der Waals surface area contributed by atoms with Crippen molar-refractivity contribution in [3.8, 4) is 0 Å². The molecule has 1 aromatic carbocycles. The minimum atomic E-state index is -1.01. The fourth-order valence-electron chi connectivity index (χ4n) is 2.91. The van der Waals surface area contributed by atoms with Crippen molar-refractivity contribution in [1.29, 1.82) is 0 Å². The second kappa shape index (κ2) is 7.90. The largest absolute Gasteiger partial charge is 0.449 e. The van der Waals surface area contributed by atoms with Crippen LogP contribution in [0.1, 0.15) is 49.9 Å². The number of nitrogens with one attached hydrogen (secondary N) is 1. The van der Waals surface area contributed by atoms with E-state index in [9.17, 15) is 19.7 Å². The van der Waals surface area contributed by atoms with E-state index in [2.05, 4.69) is 12.2 Å². The second-order valence-electron chi connectivity index (χ2n) is 6.20. The first-order chi connectivity index (χ1) is 11.4. The van der Waals surface area contributed by atoms with Crippen molar-refractivity contribution >= 4 is 17.6 Å². The highest BCUT2D eigenvalue weighted by atomic mass is 16.6. The lowest BCUT2D eigenvalue weighted by Crippen LogP contribution is -2.46. The van der Waals surface area contributed by atoms with Gasteiger partial charge in [-0.25, -0.2) is 4.79 Å². The standard InChI is InChI=1S/C17H22N2O5/c1-11-7-3-5-9-14(11)18-16(20)12(2)24-17(21)13-8-4-6-10-15(13)19(22)23/h4,6,8,10-12,14H,3,5,7,9H2,1-2H3,(H,18,20). The minimum absolute atomic E-state index is 0.0819. The van der Waals surface area contributed by atoms with Gasteiger partial charge in [0.1, 0.15) is 5.56 Å². The summed E-state index contributed by atoms with van der Waals surface area (Å²) in [7, 11) is 0. The summed E-state index contributed by atoms with van der Waals surface area (Å²) >= 11 is 0. The molecule has 24 heavy (non-hydrogen) atoms. The third-order valence-corrected chi connectivity index (χ3v) is 4.41. The zero-order valence-electron chi connectivity index (χ0n) is 13.9. The van der Waals surface area contributed by atoms with Gasteiger partial charge in [0, 0.05) is 12.1 Å². The van der Waals surface area contributed by atoms with Crippen LogP contribution in [0.4, 0.5) is 5.69 Å². The van der Waals surface area contributed by atoms with Gasteiger partial charge in [-0.15, -0.1) is 0 Å². The van der Waals surface area contributed by atoms with Crippen molar-refractivity contribution in [2.45, 2.75) is 51.7 Å². The number of nitro benzene ring substituents is 1. The van der Waals surface area contributed by atoms with Crippen LogP contribution in [0.5, 0.6) is 0 Å². The molecule has 0 saturated heterocycles. The Morgan fingerprint density at radius 3 is 2.62 bits per heavy atom. The Kier molecular flexibility index (Phi) is 5.89. The van der Waals surface area contributed by atoms with Gasteiger partial charge >= 0.3 is 5.97 Å². The van der Waals surface area contributed by atoms with E-state index in [1.54, 1.807) is 0 Å². The summed E-state index contributed by atoms with van der Waals surface area (Å²) in [5.41, 5.74) is -0.496. The van der Waals surface area contributed by atoms with Crippen molar-refractivity contribution in [3.05, 3.63) is 39.9 Å². The Labute approximate surface area is 140 Å². The number of ether oxygens (including phenoxy) is 1. The van der Waals surface area contributed by atoms with Crippen LogP contribution in [0.2, 0.25) is 0 Å². The summed E-state index contributed by atoms with van der Waals surface area (Å²) < 4.78 is 5.11. The summed E-state index contributed by atoms with van der Waals surface area (Å²) in [6.45, 7) is 3.56. The molecule has 1 aliphatic rings. The van der Waals surface area contributed by atoms with Crippen molar-refractivity contribution in [3.63, 3.8) is 0 Å². The lowest BCUT2D eigenvalue weighted by atomic mass is 9.86. The average Bonchev–Trinajstić information content (AvgIpc) is 2.56. The Morgan fingerprint density at radius 2 is 1.96 bits per heavy atom. The van der Waals surface area contributed by atoms with Gasteiger partial charge in [-0.1, -0.05) is 31.9 Å². The fourth-order valence-corrected chi connectivity index (χ4v) is 2.91. The van der Waals surface area contributed by atoms with Crippen LogP contribution in [0.3, 0.4) is 0 Å². The number of para-hydroxylation sites is 1. The quantitative estimate of drug-likeness (QED) is 0.507. The highest BCUT2D eigenvalue weighted by molar-refractivity contribution is 5.95. The number of rotatable bonds is 5. The zero-order valence-corrected chi connectivity index (χ0v) is 13.9. The van der Waals surface area contributed by atoms with Crippen LogP contribution in [0, 0.1) is 16.0 Å². The molecule has 1 N–H and O–H groups in total. The van der Waals surface area contributed by atoms with Gasteiger partial charge < -0.3 is 10.1 Å². The molecule has 7 heteroatoms. The summed E-state index contributed by atoms with van der Waals surface area (Å²) in [5.74, 6) is -0.858. The molecule has 1 aliphatic carbocycles. The number of amides is 1. The van der Waals surface area contributed by atoms with Gasteiger partial charge in [-0.05, 0) is 31.7 Å². The van der Waals surface area contributed by atoms with Crippen LogP contribution in [-0.4, -0.2) is 28.9 Å². The van der Waals surface area contributed by atoms with E-state index in [0.29, 0.717) is 5.92 Å². The molecule has 0 spiro atoms. The Balaban J connectivity index is 1.98. The number of carbonyl (C=O) groups is 2. The maximum Gasteiger partial charge on any atom is 0.345 e. The second-order valence-corrected chi connectivity index (χ2v) is 6.20. The third kappa shape index (κ3) is 4.31. The van der Waals surface area contributed by atoms with Gasteiger partial charge in [0.2, 0.25) is 0 Å². The summed E-state index contributed by atoms with van der Waals surface area (Å²) in [4.78, 5) is 34.7. The van der Waals surface area contributed by atoms with Crippen LogP contribution >= 0.6 is 0 Å². The van der Waals surface area contributed by atoms with E-state index in [0.717, 1.165) is 25.7 Å². The monoisotopic (exact) mass is 334 g/mol. The molecule has 3 unspecified atom stereocenters. The molecule has 0 heterocycles. The SMILES string of the molecule is CC(OC(=O)c1ccccc1[N+](=O)[O-])C(=O)NC1CCCCC1C. The summed E-state index contributed by atoms with van der Waals surface area (Å²) in [6.07, 6.45) is 3.20. The molecule has 130 valence electrons. The van der Waals surface area contributed by atoms with Crippen LogP contribution in [0.15, 0.2) is 24.3 Å². The molecule has 0 aromatic heterocycles. The molecule has 1 saturated carbocycles.